The summed E-state index contributed by atoms with van der Waals surface area (Å²) in [7, 11) is 0. The third-order valence-electron chi connectivity index (χ3n) is 5.50. The van der Waals surface area contributed by atoms with Crippen molar-refractivity contribution in [3.63, 3.8) is 0 Å². The minimum Gasteiger partial charge on any atom is -0.489 e. The lowest BCUT2D eigenvalue weighted by Crippen LogP contribution is -2.34. The summed E-state index contributed by atoms with van der Waals surface area (Å²) >= 11 is 0. The lowest BCUT2D eigenvalue weighted by molar-refractivity contribution is 0.0531. The molecule has 1 N–H and O–H groups in total. The molecule has 1 aromatic heterocycles. The molecule has 1 aliphatic rings. The smallest absolute Gasteiger partial charge is 0.407 e. The molecule has 0 bridgehead atoms. The van der Waals surface area contributed by atoms with Crippen LogP contribution < -0.4 is 10.1 Å². The van der Waals surface area contributed by atoms with Crippen LogP contribution in [0.4, 0.5) is 9.18 Å². The van der Waals surface area contributed by atoms with Crippen LogP contribution in [0.5, 0.6) is 5.75 Å². The molecule has 0 saturated heterocycles. The second-order valence-electron chi connectivity index (χ2n) is 10.0. The summed E-state index contributed by atoms with van der Waals surface area (Å²) in [6.07, 6.45) is 4.33. The first-order valence-corrected chi connectivity index (χ1v) is 10.8. The highest BCUT2D eigenvalue weighted by Crippen LogP contribution is 2.42. The van der Waals surface area contributed by atoms with E-state index in [9.17, 15) is 9.18 Å². The minimum atomic E-state index is -0.612. The number of amides is 1. The molecule has 0 unspecified atom stereocenters. The van der Waals surface area contributed by atoms with Crippen molar-refractivity contribution >= 4 is 17.2 Å². The van der Waals surface area contributed by atoms with Crippen LogP contribution in [0.1, 0.15) is 72.1 Å². The van der Waals surface area contributed by atoms with E-state index in [0.29, 0.717) is 29.0 Å². The van der Waals surface area contributed by atoms with Crippen LogP contribution in [-0.4, -0.2) is 29.8 Å². The Morgan fingerprint density at radius 3 is 2.68 bits per heavy atom. The molecule has 0 atom stereocenters. The Hall–Kier alpha value is -2.57. The van der Waals surface area contributed by atoms with Gasteiger partial charge in [-0.05, 0) is 64.0 Å². The van der Waals surface area contributed by atoms with Gasteiger partial charge in [0, 0.05) is 24.1 Å². The number of nitrogens with one attached hydrogen (secondary N) is 1. The summed E-state index contributed by atoms with van der Waals surface area (Å²) in [5.74, 6) is 1.69. The molecule has 1 saturated carbocycles. The van der Waals surface area contributed by atoms with Crippen molar-refractivity contribution in [3.05, 3.63) is 36.0 Å². The zero-order chi connectivity index (χ0) is 22.6. The molecule has 2 aromatic rings. The number of carbonyl (C=O) groups is 1. The second kappa shape index (κ2) is 9.28. The van der Waals surface area contributed by atoms with Gasteiger partial charge in [0.05, 0.1) is 6.33 Å². The van der Waals surface area contributed by atoms with E-state index in [4.69, 9.17) is 13.9 Å². The third-order valence-corrected chi connectivity index (χ3v) is 5.50. The number of oxazole rings is 1. The van der Waals surface area contributed by atoms with Gasteiger partial charge in [0.1, 0.15) is 23.5 Å². The lowest BCUT2D eigenvalue weighted by atomic mass is 9.73. The number of ether oxygens (including phenoxy) is 2. The van der Waals surface area contributed by atoms with Crippen molar-refractivity contribution in [2.45, 2.75) is 71.8 Å². The Kier molecular flexibility index (Phi) is 6.92. The van der Waals surface area contributed by atoms with Gasteiger partial charge in [-0.1, -0.05) is 13.8 Å². The molecule has 1 heterocycles. The number of aromatic nitrogens is 1. The fraction of sp³-hybridized carbons (Fsp3) is 0.583. The van der Waals surface area contributed by atoms with E-state index in [0.717, 1.165) is 24.2 Å². The lowest BCUT2D eigenvalue weighted by Gasteiger charge is -2.32. The fourth-order valence-corrected chi connectivity index (χ4v) is 3.63. The summed E-state index contributed by atoms with van der Waals surface area (Å²) in [5.41, 5.74) is 1.52. The van der Waals surface area contributed by atoms with Gasteiger partial charge in [-0.2, -0.15) is 0 Å². The van der Waals surface area contributed by atoms with E-state index in [-0.39, 0.29) is 18.7 Å². The maximum Gasteiger partial charge on any atom is 0.407 e. The number of carbonyl (C=O) groups excluding carboxylic acids is 1. The Bertz CT molecular complexity index is 933. The average Bonchev–Trinajstić information content (AvgIpc) is 3.10. The molecule has 1 amide bonds. The molecule has 1 aromatic carbocycles. The molecule has 1 aliphatic carbocycles. The SMILES string of the molecule is CC1(C)CCC(c2nc3ccc(OCC(=CF)CNC(=O)OC(C)(C)C)cc3o2)CC1. The molecule has 0 radical (unpaired) electrons. The van der Waals surface area contributed by atoms with Crippen molar-refractivity contribution in [1.82, 2.24) is 10.3 Å². The fourth-order valence-electron chi connectivity index (χ4n) is 3.63. The van der Waals surface area contributed by atoms with Gasteiger partial charge in [-0.25, -0.2) is 14.2 Å². The van der Waals surface area contributed by atoms with Gasteiger partial charge in [0.2, 0.25) is 0 Å². The highest BCUT2D eigenvalue weighted by atomic mass is 19.1. The van der Waals surface area contributed by atoms with Gasteiger partial charge in [0.15, 0.2) is 11.5 Å². The van der Waals surface area contributed by atoms with Gasteiger partial charge >= 0.3 is 6.09 Å². The third kappa shape index (κ3) is 6.71. The zero-order valence-electron chi connectivity index (χ0n) is 19.1. The van der Waals surface area contributed by atoms with Gasteiger partial charge in [0.25, 0.3) is 0 Å². The van der Waals surface area contributed by atoms with E-state index in [1.807, 2.05) is 6.07 Å². The zero-order valence-corrected chi connectivity index (χ0v) is 19.1. The summed E-state index contributed by atoms with van der Waals surface area (Å²) in [6.45, 7) is 9.91. The molecular weight excluding hydrogens is 399 g/mol. The molecule has 7 heteroatoms. The van der Waals surface area contributed by atoms with Gasteiger partial charge < -0.3 is 19.2 Å². The van der Waals surface area contributed by atoms with E-state index >= 15 is 0 Å². The molecule has 31 heavy (non-hydrogen) atoms. The molecular formula is C24H33FN2O4. The predicted molar refractivity (Wildman–Crippen MR) is 118 cm³/mol. The van der Waals surface area contributed by atoms with E-state index in [2.05, 4.69) is 24.1 Å². The number of benzene rings is 1. The van der Waals surface area contributed by atoms with Crippen LogP contribution in [0.3, 0.4) is 0 Å². The molecule has 170 valence electrons. The van der Waals surface area contributed by atoms with Crippen molar-refractivity contribution < 1.29 is 23.1 Å². The molecule has 0 aliphatic heterocycles. The molecule has 6 nitrogen and oxygen atoms in total. The summed E-state index contributed by atoms with van der Waals surface area (Å²) in [6, 6.07) is 5.41. The number of alkyl carbamates (subject to hydrolysis) is 1. The monoisotopic (exact) mass is 432 g/mol. The molecule has 0 spiro atoms. The van der Waals surface area contributed by atoms with Crippen molar-refractivity contribution in [1.29, 1.82) is 0 Å². The Morgan fingerprint density at radius 1 is 1.32 bits per heavy atom. The Morgan fingerprint density at radius 2 is 2.03 bits per heavy atom. The quantitative estimate of drug-likeness (QED) is 0.582. The van der Waals surface area contributed by atoms with E-state index in [1.54, 1.807) is 32.9 Å². The van der Waals surface area contributed by atoms with Crippen LogP contribution in [-0.2, 0) is 4.74 Å². The number of fused-ring (bicyclic) bond motifs is 1. The average molecular weight is 433 g/mol. The van der Waals surface area contributed by atoms with Gasteiger partial charge in [-0.15, -0.1) is 0 Å². The second-order valence-corrected chi connectivity index (χ2v) is 10.0. The van der Waals surface area contributed by atoms with Crippen molar-refractivity contribution in [2.75, 3.05) is 13.2 Å². The maximum atomic E-state index is 13.2. The normalized spacial score (nSPS) is 17.5. The Labute approximate surface area is 183 Å². The summed E-state index contributed by atoms with van der Waals surface area (Å²) < 4.78 is 30.1. The molecule has 1 fully saturated rings. The number of hydrogen-bond acceptors (Lipinski definition) is 5. The van der Waals surface area contributed by atoms with Crippen molar-refractivity contribution in [2.24, 2.45) is 5.41 Å². The first-order chi connectivity index (χ1) is 14.5. The maximum absolute atomic E-state index is 13.2. The van der Waals surface area contributed by atoms with Gasteiger partial charge in [-0.3, -0.25) is 0 Å². The largest absolute Gasteiger partial charge is 0.489 e. The molecule has 3 rings (SSSR count). The standard InChI is InChI=1S/C24H33FN2O4/c1-23(2,3)31-22(28)26-14-16(13-25)15-29-18-6-7-19-20(12-18)30-21(27-19)17-8-10-24(4,5)11-9-17/h6-7,12-13,17H,8-11,14-15H2,1-5H3,(H,26,28). The van der Waals surface area contributed by atoms with E-state index in [1.165, 1.54) is 12.8 Å². The summed E-state index contributed by atoms with van der Waals surface area (Å²) in [4.78, 5) is 16.4. The van der Waals surface area contributed by atoms with Crippen LogP contribution in [0, 0.1) is 5.41 Å². The number of halogens is 1. The first kappa shape index (κ1) is 23.1. The number of nitrogens with zero attached hydrogens (tertiary/aromatic N) is 1. The van der Waals surface area contributed by atoms with Crippen LogP contribution in [0.15, 0.2) is 34.5 Å². The van der Waals surface area contributed by atoms with Crippen LogP contribution >= 0.6 is 0 Å². The summed E-state index contributed by atoms with van der Waals surface area (Å²) in [5, 5.41) is 2.52. The predicted octanol–water partition coefficient (Wildman–Crippen LogP) is 6.27. The van der Waals surface area contributed by atoms with E-state index < -0.39 is 11.7 Å². The number of hydrogen-bond donors (Lipinski definition) is 1. The first-order valence-electron chi connectivity index (χ1n) is 10.8. The van der Waals surface area contributed by atoms with Crippen molar-refractivity contribution in [3.8, 4) is 5.75 Å². The van der Waals surface area contributed by atoms with Crippen LogP contribution in [0.25, 0.3) is 11.1 Å². The highest BCUT2D eigenvalue weighted by molar-refractivity contribution is 5.74. The van der Waals surface area contributed by atoms with Crippen LogP contribution in [0.2, 0.25) is 0 Å². The topological polar surface area (TPSA) is 73.6 Å². The number of rotatable bonds is 6. The highest BCUT2D eigenvalue weighted by Gasteiger charge is 2.30. The Balaban J connectivity index is 1.56. The minimum absolute atomic E-state index is 0.00184.